The highest BCUT2D eigenvalue weighted by Crippen LogP contribution is 2.44. The molecule has 0 spiro atoms. The standard InChI is InChI=1S/C27H25NO5/c29-26(30)25-14-19(32-16-18-8-2-1-3-9-18)15-28(25)27(31)33-17-24-22-12-6-4-10-20(22)21-11-5-7-13-23(21)24/h1-13,19,24-25H,14-17H2,(H,29,30)/t19-,25+/m0/s1. The van der Waals surface area contributed by atoms with E-state index in [-0.39, 0.29) is 31.6 Å². The molecule has 0 unspecified atom stereocenters. The Kier molecular flexibility index (Phi) is 5.84. The van der Waals surface area contributed by atoms with Gasteiger partial charge in [-0.1, -0.05) is 78.9 Å². The monoisotopic (exact) mass is 443 g/mol. The van der Waals surface area contributed by atoms with Gasteiger partial charge in [0.1, 0.15) is 12.6 Å². The van der Waals surface area contributed by atoms with Crippen LogP contribution in [0.5, 0.6) is 0 Å². The van der Waals surface area contributed by atoms with Gasteiger partial charge in [-0.2, -0.15) is 0 Å². The van der Waals surface area contributed by atoms with Gasteiger partial charge in [-0.15, -0.1) is 0 Å². The van der Waals surface area contributed by atoms with Crippen molar-refractivity contribution in [1.82, 2.24) is 4.90 Å². The minimum atomic E-state index is -1.05. The van der Waals surface area contributed by atoms with Crippen LogP contribution in [0.15, 0.2) is 78.9 Å². The van der Waals surface area contributed by atoms with Crippen molar-refractivity contribution in [2.24, 2.45) is 0 Å². The predicted octanol–water partition coefficient (Wildman–Crippen LogP) is 4.68. The summed E-state index contributed by atoms with van der Waals surface area (Å²) in [5.41, 5.74) is 5.53. The molecule has 1 amide bonds. The zero-order chi connectivity index (χ0) is 22.8. The van der Waals surface area contributed by atoms with E-state index in [0.717, 1.165) is 27.8 Å². The summed E-state index contributed by atoms with van der Waals surface area (Å²) in [7, 11) is 0. The van der Waals surface area contributed by atoms with Gasteiger partial charge in [0, 0.05) is 12.3 Å². The van der Waals surface area contributed by atoms with E-state index in [1.54, 1.807) is 0 Å². The molecule has 0 radical (unpaired) electrons. The van der Waals surface area contributed by atoms with Crippen LogP contribution in [0.4, 0.5) is 4.79 Å². The lowest BCUT2D eigenvalue weighted by Crippen LogP contribution is -2.41. The molecule has 1 heterocycles. The van der Waals surface area contributed by atoms with Gasteiger partial charge in [0.2, 0.25) is 0 Å². The van der Waals surface area contributed by atoms with Crippen molar-refractivity contribution in [1.29, 1.82) is 0 Å². The number of hydrogen-bond acceptors (Lipinski definition) is 4. The highest BCUT2D eigenvalue weighted by molar-refractivity contribution is 5.81. The Labute approximate surface area is 192 Å². The van der Waals surface area contributed by atoms with Crippen LogP contribution in [0.3, 0.4) is 0 Å². The average molecular weight is 443 g/mol. The third kappa shape index (κ3) is 4.22. The molecule has 168 valence electrons. The number of carboxylic acid groups (broad SMARTS) is 1. The van der Waals surface area contributed by atoms with Crippen LogP contribution in [-0.4, -0.2) is 47.4 Å². The summed E-state index contributed by atoms with van der Waals surface area (Å²) in [5, 5.41) is 9.67. The van der Waals surface area contributed by atoms with E-state index in [0.29, 0.717) is 6.61 Å². The van der Waals surface area contributed by atoms with E-state index in [1.807, 2.05) is 54.6 Å². The van der Waals surface area contributed by atoms with Crippen LogP contribution >= 0.6 is 0 Å². The van der Waals surface area contributed by atoms with E-state index < -0.39 is 18.1 Å². The number of likely N-dealkylation sites (tertiary alicyclic amines) is 1. The van der Waals surface area contributed by atoms with Crippen LogP contribution in [0.25, 0.3) is 11.1 Å². The van der Waals surface area contributed by atoms with Crippen LogP contribution in [0, 0.1) is 0 Å². The molecule has 6 nitrogen and oxygen atoms in total. The van der Waals surface area contributed by atoms with Crippen molar-refractivity contribution >= 4 is 12.1 Å². The minimum Gasteiger partial charge on any atom is -0.480 e. The number of carbonyl (C=O) groups is 2. The van der Waals surface area contributed by atoms with Crippen molar-refractivity contribution in [2.45, 2.75) is 31.1 Å². The van der Waals surface area contributed by atoms with Gasteiger partial charge in [-0.05, 0) is 27.8 Å². The Bertz CT molecular complexity index is 1120. The highest BCUT2D eigenvalue weighted by Gasteiger charge is 2.41. The maximum atomic E-state index is 12.9. The number of nitrogens with zero attached hydrogens (tertiary/aromatic N) is 1. The molecule has 1 aliphatic heterocycles. The van der Waals surface area contributed by atoms with Gasteiger partial charge in [0.05, 0.1) is 19.3 Å². The van der Waals surface area contributed by atoms with Crippen molar-refractivity contribution in [2.75, 3.05) is 13.2 Å². The number of aliphatic carboxylic acids is 1. The summed E-state index contributed by atoms with van der Waals surface area (Å²) in [5.74, 6) is -1.12. The molecule has 1 aliphatic carbocycles. The molecule has 6 heteroatoms. The number of carboxylic acids is 1. The fraction of sp³-hybridized carbons (Fsp3) is 0.259. The van der Waals surface area contributed by atoms with Crippen molar-refractivity contribution in [3.05, 3.63) is 95.6 Å². The third-order valence-electron chi connectivity index (χ3n) is 6.45. The normalized spacial score (nSPS) is 19.2. The van der Waals surface area contributed by atoms with Gasteiger partial charge in [-0.25, -0.2) is 9.59 Å². The molecular formula is C27H25NO5. The predicted molar refractivity (Wildman–Crippen MR) is 123 cm³/mol. The molecule has 3 aromatic carbocycles. The first-order valence-electron chi connectivity index (χ1n) is 11.1. The summed E-state index contributed by atoms with van der Waals surface area (Å²) in [6, 6.07) is 24.9. The summed E-state index contributed by atoms with van der Waals surface area (Å²) in [6.07, 6.45) is -0.728. The van der Waals surface area contributed by atoms with Crippen molar-refractivity contribution < 1.29 is 24.2 Å². The van der Waals surface area contributed by atoms with E-state index in [4.69, 9.17) is 9.47 Å². The SMILES string of the molecule is O=C(O)[C@H]1C[C@H](OCc2ccccc2)CN1C(=O)OCC1c2ccccc2-c2ccccc21. The number of fused-ring (bicyclic) bond motifs is 3. The first-order valence-corrected chi connectivity index (χ1v) is 11.1. The first-order chi connectivity index (χ1) is 16.1. The minimum absolute atomic E-state index is 0.0719. The van der Waals surface area contributed by atoms with E-state index >= 15 is 0 Å². The Hall–Kier alpha value is -3.64. The summed E-state index contributed by atoms with van der Waals surface area (Å²) in [6.45, 7) is 0.724. The molecule has 33 heavy (non-hydrogen) atoms. The van der Waals surface area contributed by atoms with Crippen LogP contribution in [0.2, 0.25) is 0 Å². The van der Waals surface area contributed by atoms with Gasteiger partial charge in [0.15, 0.2) is 0 Å². The number of ether oxygens (including phenoxy) is 2. The third-order valence-corrected chi connectivity index (χ3v) is 6.45. The first kappa shape index (κ1) is 21.2. The molecular weight excluding hydrogens is 418 g/mol. The number of rotatable bonds is 6. The lowest BCUT2D eigenvalue weighted by molar-refractivity contribution is -0.141. The van der Waals surface area contributed by atoms with E-state index in [1.165, 1.54) is 4.90 Å². The summed E-state index contributed by atoms with van der Waals surface area (Å²) in [4.78, 5) is 26.0. The lowest BCUT2D eigenvalue weighted by atomic mass is 9.98. The smallest absolute Gasteiger partial charge is 0.410 e. The second-order valence-electron chi connectivity index (χ2n) is 8.46. The zero-order valence-electron chi connectivity index (χ0n) is 18.1. The molecule has 0 aromatic heterocycles. The van der Waals surface area contributed by atoms with E-state index in [2.05, 4.69) is 24.3 Å². The number of benzene rings is 3. The maximum absolute atomic E-state index is 12.9. The van der Waals surface area contributed by atoms with E-state index in [9.17, 15) is 14.7 Å². The number of carbonyl (C=O) groups excluding carboxylic acids is 1. The topological polar surface area (TPSA) is 76.1 Å². The zero-order valence-corrected chi connectivity index (χ0v) is 18.1. The quantitative estimate of drug-likeness (QED) is 0.599. The molecule has 0 bridgehead atoms. The molecule has 2 atom stereocenters. The Morgan fingerprint density at radius 1 is 0.879 bits per heavy atom. The van der Waals surface area contributed by atoms with Gasteiger partial charge >= 0.3 is 12.1 Å². The molecule has 5 rings (SSSR count). The molecule has 3 aromatic rings. The van der Waals surface area contributed by atoms with Gasteiger partial charge in [0.25, 0.3) is 0 Å². The molecule has 0 saturated carbocycles. The fourth-order valence-corrected chi connectivity index (χ4v) is 4.82. The highest BCUT2D eigenvalue weighted by atomic mass is 16.6. The van der Waals surface area contributed by atoms with Crippen LogP contribution in [0.1, 0.15) is 29.0 Å². The maximum Gasteiger partial charge on any atom is 0.410 e. The summed E-state index contributed by atoms with van der Waals surface area (Å²) < 4.78 is 11.6. The second kappa shape index (κ2) is 9.08. The number of amides is 1. The molecule has 1 N–H and O–H groups in total. The Morgan fingerprint density at radius 3 is 2.12 bits per heavy atom. The van der Waals surface area contributed by atoms with Gasteiger partial charge < -0.3 is 14.6 Å². The average Bonchev–Trinajstić information content (AvgIpc) is 3.42. The molecule has 1 fully saturated rings. The Balaban J connectivity index is 1.26. The largest absolute Gasteiger partial charge is 0.480 e. The summed E-state index contributed by atoms with van der Waals surface area (Å²) >= 11 is 0. The number of hydrogen-bond donors (Lipinski definition) is 1. The Morgan fingerprint density at radius 2 is 1.48 bits per heavy atom. The van der Waals surface area contributed by atoms with Crippen molar-refractivity contribution in [3.8, 4) is 11.1 Å². The van der Waals surface area contributed by atoms with Gasteiger partial charge in [-0.3, -0.25) is 4.90 Å². The molecule has 2 aliphatic rings. The lowest BCUT2D eigenvalue weighted by Gasteiger charge is -2.22. The van der Waals surface area contributed by atoms with Crippen LogP contribution < -0.4 is 0 Å². The van der Waals surface area contributed by atoms with Crippen LogP contribution in [-0.2, 0) is 20.9 Å². The molecule has 1 saturated heterocycles. The van der Waals surface area contributed by atoms with Crippen molar-refractivity contribution in [3.63, 3.8) is 0 Å². The fourth-order valence-electron chi connectivity index (χ4n) is 4.82. The second-order valence-corrected chi connectivity index (χ2v) is 8.46.